The molecule has 1 fully saturated rings. The number of carbonyl (C=O) groups is 1. The number of carboxylic acids is 1. The van der Waals surface area contributed by atoms with E-state index in [0.29, 0.717) is 32.5 Å². The number of aliphatic hydroxyl groups is 2. The van der Waals surface area contributed by atoms with Crippen molar-refractivity contribution in [3.63, 3.8) is 0 Å². The molecule has 1 aromatic rings. The Morgan fingerprint density at radius 3 is 2.75 bits per heavy atom. The third-order valence-electron chi connectivity index (χ3n) is 6.28. The third kappa shape index (κ3) is 9.62. The first kappa shape index (κ1) is 26.8. The minimum atomic E-state index is -0.745. The van der Waals surface area contributed by atoms with E-state index in [1.807, 2.05) is 25.1 Å². The highest BCUT2D eigenvalue weighted by Gasteiger charge is 2.39. The molecule has 1 aliphatic rings. The van der Waals surface area contributed by atoms with Crippen LogP contribution in [0.3, 0.4) is 0 Å². The van der Waals surface area contributed by atoms with Crippen molar-refractivity contribution in [1.29, 1.82) is 0 Å². The predicted molar refractivity (Wildman–Crippen MR) is 128 cm³/mol. The molecule has 5 atom stereocenters. The van der Waals surface area contributed by atoms with Crippen LogP contribution in [0.4, 0.5) is 0 Å². The van der Waals surface area contributed by atoms with Gasteiger partial charge in [-0.3, -0.25) is 4.79 Å². The lowest BCUT2D eigenvalue weighted by molar-refractivity contribution is -0.137. The van der Waals surface area contributed by atoms with Gasteiger partial charge in [0.25, 0.3) is 0 Å². The summed E-state index contributed by atoms with van der Waals surface area (Å²) in [4.78, 5) is 10.6. The Bertz CT molecular complexity index is 707. The Kier molecular flexibility index (Phi) is 12.3. The summed E-state index contributed by atoms with van der Waals surface area (Å²) in [6.45, 7) is 3.40. The van der Waals surface area contributed by atoms with Gasteiger partial charge in [0.15, 0.2) is 0 Å². The minimum absolute atomic E-state index is 0.0521. The Balaban J connectivity index is 1.83. The highest BCUT2D eigenvalue weighted by atomic mass is 35.5. The molecular formula is C26H39ClO5. The molecular weight excluding hydrogens is 428 g/mol. The van der Waals surface area contributed by atoms with Gasteiger partial charge in [0.05, 0.1) is 18.8 Å². The number of carboxylic acid groups (broad SMARTS) is 1. The average Bonchev–Trinajstić information content (AvgIpc) is 3.01. The highest BCUT2D eigenvalue weighted by Crippen LogP contribution is 2.40. The molecule has 0 aromatic heterocycles. The molecule has 0 heterocycles. The number of rotatable bonds is 15. The largest absolute Gasteiger partial charge is 0.481 e. The van der Waals surface area contributed by atoms with E-state index in [4.69, 9.17) is 21.4 Å². The van der Waals surface area contributed by atoms with Crippen LogP contribution in [0.15, 0.2) is 36.4 Å². The molecule has 0 amide bonds. The third-order valence-corrected chi connectivity index (χ3v) is 6.78. The van der Waals surface area contributed by atoms with Crippen molar-refractivity contribution in [3.05, 3.63) is 47.5 Å². The molecule has 0 saturated heterocycles. The van der Waals surface area contributed by atoms with Crippen molar-refractivity contribution < 1.29 is 24.9 Å². The van der Waals surface area contributed by atoms with Crippen LogP contribution in [0.1, 0.15) is 63.0 Å². The number of benzene rings is 1. The second-order valence-corrected chi connectivity index (χ2v) is 9.39. The molecule has 32 heavy (non-hydrogen) atoms. The first-order chi connectivity index (χ1) is 15.4. The van der Waals surface area contributed by atoms with E-state index in [9.17, 15) is 15.0 Å². The number of aliphatic hydroxyl groups excluding tert-OH is 2. The number of aliphatic carboxylic acids is 1. The van der Waals surface area contributed by atoms with Crippen LogP contribution in [-0.4, -0.2) is 52.1 Å². The van der Waals surface area contributed by atoms with Gasteiger partial charge in [-0.2, -0.15) is 0 Å². The van der Waals surface area contributed by atoms with Crippen molar-refractivity contribution in [2.45, 2.75) is 82.3 Å². The molecule has 1 aliphatic carbocycles. The summed E-state index contributed by atoms with van der Waals surface area (Å²) in [7, 11) is 0. The van der Waals surface area contributed by atoms with E-state index in [1.54, 1.807) is 6.08 Å². The van der Waals surface area contributed by atoms with Crippen LogP contribution >= 0.6 is 11.6 Å². The van der Waals surface area contributed by atoms with Gasteiger partial charge in [0.1, 0.15) is 0 Å². The molecule has 0 spiro atoms. The lowest BCUT2D eigenvalue weighted by atomic mass is 9.88. The Hall–Kier alpha value is -1.40. The van der Waals surface area contributed by atoms with Crippen LogP contribution in [0.5, 0.6) is 0 Å². The monoisotopic (exact) mass is 466 g/mol. The normalized spacial score (nSPS) is 24.2. The maximum atomic E-state index is 10.6. The lowest BCUT2D eigenvalue weighted by Crippen LogP contribution is -2.19. The fraction of sp³-hybridized carbons (Fsp3) is 0.654. The maximum absolute atomic E-state index is 10.6. The molecule has 2 rings (SSSR count). The van der Waals surface area contributed by atoms with Gasteiger partial charge in [0.2, 0.25) is 0 Å². The van der Waals surface area contributed by atoms with E-state index in [2.05, 4.69) is 12.1 Å². The molecule has 3 N–H and O–H groups in total. The Labute approximate surface area is 197 Å². The van der Waals surface area contributed by atoms with Crippen LogP contribution in [0.25, 0.3) is 0 Å². The number of unbranched alkanes of at least 4 members (excludes halogenated alkanes) is 3. The number of hydrogen-bond acceptors (Lipinski definition) is 4. The molecule has 0 radical (unpaired) electrons. The minimum Gasteiger partial charge on any atom is -0.481 e. The van der Waals surface area contributed by atoms with Gasteiger partial charge in [-0.1, -0.05) is 55.7 Å². The summed E-state index contributed by atoms with van der Waals surface area (Å²) in [5.41, 5.74) is 2.28. The zero-order valence-corrected chi connectivity index (χ0v) is 19.9. The summed E-state index contributed by atoms with van der Waals surface area (Å²) in [5.74, 6) is -0.620. The molecule has 0 aliphatic heterocycles. The molecule has 180 valence electrons. The highest BCUT2D eigenvalue weighted by molar-refractivity contribution is 6.21. The molecule has 0 unspecified atom stereocenters. The summed E-state index contributed by atoms with van der Waals surface area (Å²) >= 11 is 6.52. The zero-order valence-electron chi connectivity index (χ0n) is 19.2. The van der Waals surface area contributed by atoms with Crippen molar-refractivity contribution in [3.8, 4) is 0 Å². The van der Waals surface area contributed by atoms with E-state index in [1.165, 1.54) is 5.56 Å². The standard InChI is InChI=1S/C26H39ClO5/c1-2-32-15-14-19-8-7-9-20(16-19)17-21(28)12-13-23-22(24(27)18-25(23)29)10-5-3-4-6-11-26(30)31/h7-9,12-13,16,21-25,28-29H,2-6,10-11,14-15,17-18H2,1H3,(H,30,31)/b13-12+/t21-,22-,23-,24-,25-/m1/s1. The van der Waals surface area contributed by atoms with Crippen LogP contribution in [0.2, 0.25) is 0 Å². The first-order valence-corrected chi connectivity index (χ1v) is 12.4. The summed E-state index contributed by atoms with van der Waals surface area (Å²) < 4.78 is 5.42. The predicted octanol–water partition coefficient (Wildman–Crippen LogP) is 4.75. The summed E-state index contributed by atoms with van der Waals surface area (Å²) in [5, 5.41) is 29.7. The van der Waals surface area contributed by atoms with Crippen molar-refractivity contribution in [2.24, 2.45) is 11.8 Å². The lowest BCUT2D eigenvalue weighted by Gasteiger charge is -2.21. The SMILES string of the molecule is CCOCCc1cccc(C[C@H](O)/C=C/[C@@H]2[C@@H](CCCCCCC(=O)O)[C@H](Cl)C[C@H]2O)c1. The zero-order chi connectivity index (χ0) is 23.3. The number of hydrogen-bond donors (Lipinski definition) is 3. The fourth-order valence-electron chi connectivity index (χ4n) is 4.56. The van der Waals surface area contributed by atoms with E-state index < -0.39 is 18.2 Å². The number of halogens is 1. The van der Waals surface area contributed by atoms with Gasteiger partial charge in [-0.25, -0.2) is 0 Å². The molecule has 1 aromatic carbocycles. The number of alkyl halides is 1. The average molecular weight is 467 g/mol. The topological polar surface area (TPSA) is 87.0 Å². The van der Waals surface area contributed by atoms with Gasteiger partial charge < -0.3 is 20.1 Å². The Morgan fingerprint density at radius 2 is 2.00 bits per heavy atom. The van der Waals surface area contributed by atoms with Crippen molar-refractivity contribution >= 4 is 17.6 Å². The quantitative estimate of drug-likeness (QED) is 0.197. The summed E-state index contributed by atoms with van der Waals surface area (Å²) in [6, 6.07) is 8.22. The van der Waals surface area contributed by atoms with Crippen LogP contribution in [0, 0.1) is 11.8 Å². The molecule has 1 saturated carbocycles. The van der Waals surface area contributed by atoms with Gasteiger partial charge >= 0.3 is 5.97 Å². The second kappa shape index (κ2) is 14.7. The summed E-state index contributed by atoms with van der Waals surface area (Å²) in [6.07, 6.45) is 9.28. The Morgan fingerprint density at radius 1 is 1.25 bits per heavy atom. The molecule has 0 bridgehead atoms. The number of ether oxygens (including phenoxy) is 1. The second-order valence-electron chi connectivity index (χ2n) is 8.83. The van der Waals surface area contributed by atoms with Gasteiger partial charge in [-0.05, 0) is 49.7 Å². The van der Waals surface area contributed by atoms with Crippen LogP contribution in [-0.2, 0) is 22.4 Å². The van der Waals surface area contributed by atoms with Crippen molar-refractivity contribution in [2.75, 3.05) is 13.2 Å². The van der Waals surface area contributed by atoms with E-state index in [-0.39, 0.29) is 23.6 Å². The van der Waals surface area contributed by atoms with Crippen molar-refractivity contribution in [1.82, 2.24) is 0 Å². The first-order valence-electron chi connectivity index (χ1n) is 12.0. The van der Waals surface area contributed by atoms with Crippen LogP contribution < -0.4 is 0 Å². The smallest absolute Gasteiger partial charge is 0.303 e. The maximum Gasteiger partial charge on any atom is 0.303 e. The molecule has 5 nitrogen and oxygen atoms in total. The fourth-order valence-corrected chi connectivity index (χ4v) is 5.03. The van der Waals surface area contributed by atoms with E-state index >= 15 is 0 Å². The molecule has 6 heteroatoms. The van der Waals surface area contributed by atoms with E-state index in [0.717, 1.165) is 37.7 Å². The van der Waals surface area contributed by atoms with Gasteiger partial charge in [0, 0.05) is 30.7 Å². The van der Waals surface area contributed by atoms with Gasteiger partial charge in [-0.15, -0.1) is 11.6 Å².